The van der Waals surface area contributed by atoms with Gasteiger partial charge in [0.1, 0.15) is 11.3 Å². The summed E-state index contributed by atoms with van der Waals surface area (Å²) in [6.45, 7) is 1.52. The molecule has 0 atom stereocenters. The van der Waals surface area contributed by atoms with Gasteiger partial charge in [0.15, 0.2) is 0 Å². The number of aromatic carboxylic acids is 1. The summed E-state index contributed by atoms with van der Waals surface area (Å²) in [5.41, 5.74) is -2.09. The van der Waals surface area contributed by atoms with Crippen LogP contribution < -0.4 is 5.43 Å². The molecule has 3 rings (SSSR count). The minimum atomic E-state index is -4.70. The van der Waals surface area contributed by atoms with Crippen LogP contribution in [-0.2, 0) is 6.18 Å². The molecule has 0 saturated carbocycles. The Balaban J connectivity index is 2.35. The third-order valence-corrected chi connectivity index (χ3v) is 3.95. The number of pyridine rings is 3. The Morgan fingerprint density at radius 1 is 1.22 bits per heavy atom. The highest BCUT2D eigenvalue weighted by Gasteiger charge is 2.33. The van der Waals surface area contributed by atoms with Gasteiger partial charge in [0, 0.05) is 29.8 Å². The van der Waals surface area contributed by atoms with Crippen molar-refractivity contribution in [1.82, 2.24) is 14.5 Å². The lowest BCUT2D eigenvalue weighted by Gasteiger charge is -2.16. The van der Waals surface area contributed by atoms with E-state index in [4.69, 9.17) is 0 Å². The number of nitrogens with zero attached hydrogens (tertiary/aromatic N) is 3. The highest BCUT2D eigenvalue weighted by molar-refractivity contribution is 5.89. The highest BCUT2D eigenvalue weighted by Crippen LogP contribution is 2.31. The summed E-state index contributed by atoms with van der Waals surface area (Å²) >= 11 is 0. The normalized spacial score (nSPS) is 11.4. The second kappa shape index (κ2) is 6.67. The molecule has 3 aromatic heterocycles. The van der Waals surface area contributed by atoms with E-state index in [0.29, 0.717) is 5.69 Å². The van der Waals surface area contributed by atoms with Crippen LogP contribution in [0.25, 0.3) is 16.8 Å². The van der Waals surface area contributed by atoms with Crippen molar-refractivity contribution < 1.29 is 23.1 Å². The molecular formula is C18H12F3N3O3. The van der Waals surface area contributed by atoms with Crippen molar-refractivity contribution in [2.24, 2.45) is 0 Å². The zero-order valence-corrected chi connectivity index (χ0v) is 13.9. The van der Waals surface area contributed by atoms with Gasteiger partial charge in [0.05, 0.1) is 11.9 Å². The quantitative estimate of drug-likeness (QED) is 0.759. The number of carboxylic acid groups (broad SMARTS) is 1. The summed E-state index contributed by atoms with van der Waals surface area (Å²) in [7, 11) is 0. The van der Waals surface area contributed by atoms with Crippen LogP contribution in [-0.4, -0.2) is 25.6 Å². The van der Waals surface area contributed by atoms with Gasteiger partial charge in [-0.25, -0.2) is 4.79 Å². The van der Waals surface area contributed by atoms with E-state index in [1.807, 2.05) is 0 Å². The van der Waals surface area contributed by atoms with Gasteiger partial charge < -0.3 is 9.67 Å². The van der Waals surface area contributed by atoms with Crippen LogP contribution in [0, 0.1) is 6.92 Å². The number of alkyl halides is 3. The van der Waals surface area contributed by atoms with Gasteiger partial charge in [0.25, 0.3) is 0 Å². The summed E-state index contributed by atoms with van der Waals surface area (Å²) in [6.07, 6.45) is 0.321. The van der Waals surface area contributed by atoms with E-state index in [0.717, 1.165) is 18.5 Å². The molecule has 1 N–H and O–H groups in total. The first kappa shape index (κ1) is 18.3. The number of hydrogen-bond donors (Lipinski definition) is 1. The van der Waals surface area contributed by atoms with E-state index < -0.39 is 28.8 Å². The molecule has 0 unspecified atom stereocenters. The number of rotatable bonds is 3. The predicted octanol–water partition coefficient (Wildman–Crippen LogP) is 3.32. The Kier molecular flexibility index (Phi) is 4.52. The van der Waals surface area contributed by atoms with Crippen molar-refractivity contribution in [3.8, 4) is 16.8 Å². The van der Waals surface area contributed by atoms with Crippen LogP contribution in [0.5, 0.6) is 0 Å². The first-order chi connectivity index (χ1) is 12.7. The van der Waals surface area contributed by atoms with E-state index in [1.165, 1.54) is 30.0 Å². The standard InChI is InChI=1S/C18H12F3N3O3/c1-10-15(11-4-6-23-14(7-11)18(19,20)21)16(25)13(17(26)27)9-24(10)12-3-2-5-22-8-12/h2-9H,1H3,(H,26,27). The fourth-order valence-corrected chi connectivity index (χ4v) is 2.70. The zero-order valence-electron chi connectivity index (χ0n) is 13.9. The summed E-state index contributed by atoms with van der Waals surface area (Å²) in [6, 6.07) is 5.20. The minimum absolute atomic E-state index is 0.0689. The molecule has 6 nitrogen and oxygen atoms in total. The van der Waals surface area contributed by atoms with Crippen LogP contribution in [0.2, 0.25) is 0 Å². The fourth-order valence-electron chi connectivity index (χ4n) is 2.70. The fraction of sp³-hybridized carbons (Fsp3) is 0.111. The first-order valence-electron chi connectivity index (χ1n) is 7.63. The molecule has 0 radical (unpaired) electrons. The molecule has 0 aromatic carbocycles. The number of hydrogen-bond acceptors (Lipinski definition) is 4. The van der Waals surface area contributed by atoms with Crippen LogP contribution in [0.15, 0.2) is 53.8 Å². The Hall–Kier alpha value is -3.49. The minimum Gasteiger partial charge on any atom is -0.477 e. The SMILES string of the molecule is Cc1c(-c2ccnc(C(F)(F)F)c2)c(=O)c(C(=O)O)cn1-c1cccnc1. The first-order valence-corrected chi connectivity index (χ1v) is 7.63. The molecule has 0 aliphatic carbocycles. The third-order valence-electron chi connectivity index (χ3n) is 3.95. The van der Waals surface area contributed by atoms with Gasteiger partial charge in [-0.15, -0.1) is 0 Å². The van der Waals surface area contributed by atoms with Gasteiger partial charge in [-0.1, -0.05) is 0 Å². The van der Waals surface area contributed by atoms with Gasteiger partial charge in [-0.05, 0) is 36.8 Å². The molecule has 0 aliphatic rings. The van der Waals surface area contributed by atoms with Crippen molar-refractivity contribution in [3.05, 3.63) is 76.2 Å². The van der Waals surface area contributed by atoms with Gasteiger partial charge >= 0.3 is 12.1 Å². The van der Waals surface area contributed by atoms with Gasteiger partial charge in [0.2, 0.25) is 5.43 Å². The molecule has 0 fully saturated rings. The van der Waals surface area contributed by atoms with Crippen LogP contribution >= 0.6 is 0 Å². The topological polar surface area (TPSA) is 85.1 Å². The van der Waals surface area contributed by atoms with Crippen molar-refractivity contribution >= 4 is 5.97 Å². The summed E-state index contributed by atoms with van der Waals surface area (Å²) < 4.78 is 40.4. The molecule has 3 aromatic rings. The lowest BCUT2D eigenvalue weighted by molar-refractivity contribution is -0.141. The Morgan fingerprint density at radius 3 is 2.56 bits per heavy atom. The van der Waals surface area contributed by atoms with E-state index >= 15 is 0 Å². The van der Waals surface area contributed by atoms with E-state index in [-0.39, 0.29) is 16.8 Å². The maximum atomic E-state index is 13.0. The Bertz CT molecular complexity index is 1080. The van der Waals surface area contributed by atoms with Crippen LogP contribution in [0.1, 0.15) is 21.7 Å². The Labute approximate surface area is 150 Å². The zero-order chi connectivity index (χ0) is 19.8. The molecule has 0 saturated heterocycles. The maximum Gasteiger partial charge on any atom is 0.433 e. The van der Waals surface area contributed by atoms with Crippen LogP contribution in [0.3, 0.4) is 0 Å². The molecule has 0 spiro atoms. The second-order valence-electron chi connectivity index (χ2n) is 5.65. The predicted molar refractivity (Wildman–Crippen MR) is 89.8 cm³/mol. The summed E-state index contributed by atoms with van der Waals surface area (Å²) in [5.74, 6) is -1.48. The summed E-state index contributed by atoms with van der Waals surface area (Å²) in [5, 5.41) is 9.36. The Morgan fingerprint density at radius 2 is 1.96 bits per heavy atom. The maximum absolute atomic E-state index is 13.0. The lowest BCUT2D eigenvalue weighted by Crippen LogP contribution is -2.22. The molecule has 27 heavy (non-hydrogen) atoms. The summed E-state index contributed by atoms with van der Waals surface area (Å²) in [4.78, 5) is 31.4. The average Bonchev–Trinajstić information content (AvgIpc) is 2.62. The molecule has 0 aliphatic heterocycles. The number of aromatic nitrogens is 3. The van der Waals surface area contributed by atoms with Crippen molar-refractivity contribution in [2.45, 2.75) is 13.1 Å². The molecule has 9 heteroatoms. The van der Waals surface area contributed by atoms with E-state index in [9.17, 15) is 27.9 Å². The third kappa shape index (κ3) is 3.43. The number of halogens is 3. The molecule has 0 bridgehead atoms. The highest BCUT2D eigenvalue weighted by atomic mass is 19.4. The largest absolute Gasteiger partial charge is 0.477 e. The van der Waals surface area contributed by atoms with Crippen LogP contribution in [0.4, 0.5) is 13.2 Å². The molecule has 0 amide bonds. The van der Waals surface area contributed by atoms with Crippen molar-refractivity contribution in [2.75, 3.05) is 0 Å². The van der Waals surface area contributed by atoms with Gasteiger partial charge in [-0.2, -0.15) is 13.2 Å². The van der Waals surface area contributed by atoms with E-state index in [2.05, 4.69) is 9.97 Å². The number of carboxylic acids is 1. The second-order valence-corrected chi connectivity index (χ2v) is 5.65. The lowest BCUT2D eigenvalue weighted by atomic mass is 10.0. The monoisotopic (exact) mass is 375 g/mol. The number of carbonyl (C=O) groups is 1. The van der Waals surface area contributed by atoms with Crippen molar-refractivity contribution in [1.29, 1.82) is 0 Å². The van der Waals surface area contributed by atoms with Crippen molar-refractivity contribution in [3.63, 3.8) is 0 Å². The van der Waals surface area contributed by atoms with Gasteiger partial charge in [-0.3, -0.25) is 14.8 Å². The smallest absolute Gasteiger partial charge is 0.433 e. The molecule has 3 heterocycles. The average molecular weight is 375 g/mol. The van der Waals surface area contributed by atoms with E-state index in [1.54, 1.807) is 12.1 Å². The molecule has 138 valence electrons. The molecular weight excluding hydrogens is 363 g/mol.